The Bertz CT molecular complexity index is 1210. The maximum absolute atomic E-state index is 12.7. The SMILES string of the molecule is CNC(=O)O.C[C@H]1[C@H](NS(=O)(=O)c2ccc(-c3cc(C(F)(F)F)on3)s2)[C@H]1c1ccccc1. The predicted octanol–water partition coefficient (Wildman–Crippen LogP) is 4.39. The highest BCUT2D eigenvalue weighted by Crippen LogP contribution is 2.48. The molecule has 0 radical (unpaired) electrons. The van der Waals surface area contributed by atoms with E-state index < -0.39 is 28.1 Å². The van der Waals surface area contributed by atoms with Crippen LogP contribution in [0.1, 0.15) is 24.2 Å². The van der Waals surface area contributed by atoms with E-state index in [1.165, 1.54) is 19.2 Å². The highest BCUT2D eigenvalue weighted by atomic mass is 32.2. The van der Waals surface area contributed by atoms with Crippen molar-refractivity contribution in [2.75, 3.05) is 7.05 Å². The minimum atomic E-state index is -4.65. The Balaban J connectivity index is 0.000000555. The summed E-state index contributed by atoms with van der Waals surface area (Å²) in [6, 6.07) is 12.9. The van der Waals surface area contributed by atoms with Crippen LogP contribution in [-0.2, 0) is 16.2 Å². The van der Waals surface area contributed by atoms with Gasteiger partial charge in [0, 0.05) is 25.1 Å². The Morgan fingerprint density at radius 2 is 1.82 bits per heavy atom. The molecule has 1 aliphatic rings. The van der Waals surface area contributed by atoms with Crippen molar-refractivity contribution in [3.63, 3.8) is 0 Å². The first-order chi connectivity index (χ1) is 15.4. The summed E-state index contributed by atoms with van der Waals surface area (Å²) in [6.07, 6.45) is -5.64. The van der Waals surface area contributed by atoms with Gasteiger partial charge >= 0.3 is 12.3 Å². The Morgan fingerprint density at radius 1 is 1.18 bits per heavy atom. The van der Waals surface area contributed by atoms with Crippen molar-refractivity contribution in [3.8, 4) is 10.6 Å². The molecule has 33 heavy (non-hydrogen) atoms. The lowest BCUT2D eigenvalue weighted by Crippen LogP contribution is -2.27. The first kappa shape index (κ1) is 24.7. The number of hydrogen-bond donors (Lipinski definition) is 3. The van der Waals surface area contributed by atoms with Crippen LogP contribution in [0.3, 0.4) is 0 Å². The van der Waals surface area contributed by atoms with Gasteiger partial charge in [0.05, 0.1) is 4.88 Å². The minimum absolute atomic E-state index is 0.0185. The van der Waals surface area contributed by atoms with Crippen LogP contribution < -0.4 is 10.0 Å². The maximum atomic E-state index is 12.7. The molecule has 8 nitrogen and oxygen atoms in total. The zero-order valence-corrected chi connectivity index (χ0v) is 19.0. The van der Waals surface area contributed by atoms with Crippen LogP contribution >= 0.6 is 11.3 Å². The number of carbonyl (C=O) groups is 1. The molecule has 0 bridgehead atoms. The number of nitrogens with one attached hydrogen (secondary N) is 2. The van der Waals surface area contributed by atoms with Crippen molar-refractivity contribution in [1.29, 1.82) is 0 Å². The second-order valence-corrected chi connectivity index (χ2v) is 10.2. The number of carboxylic acid groups (broad SMARTS) is 1. The molecule has 3 atom stereocenters. The zero-order valence-electron chi connectivity index (χ0n) is 17.3. The molecule has 178 valence electrons. The number of thiophene rings is 1. The molecular formula is C20H20F3N3O5S2. The van der Waals surface area contributed by atoms with Crippen LogP contribution in [-0.4, -0.2) is 37.9 Å². The molecule has 4 rings (SSSR count). The van der Waals surface area contributed by atoms with Gasteiger partial charge in [-0.2, -0.15) is 13.2 Å². The maximum Gasteiger partial charge on any atom is 0.452 e. The van der Waals surface area contributed by atoms with Crippen LogP contribution in [0.4, 0.5) is 18.0 Å². The number of sulfonamides is 1. The number of rotatable bonds is 5. The standard InChI is InChI=1S/C18H15F3N2O3S2.C2H5NO2/c1-10-16(11-5-3-2-4-6-11)17(10)23-28(24,25)15-8-7-13(27-15)12-9-14(26-22-12)18(19,20)21;1-3-2(4)5/h2-10,16-17,23H,1H3;3H,1H3,(H,4,5)/t10-,16-,17+;/m1./s1. The van der Waals surface area contributed by atoms with Gasteiger partial charge in [0.1, 0.15) is 9.90 Å². The van der Waals surface area contributed by atoms with Crippen LogP contribution in [0.25, 0.3) is 10.6 Å². The first-order valence-electron chi connectivity index (χ1n) is 9.56. The highest BCUT2D eigenvalue weighted by Gasteiger charge is 2.49. The van der Waals surface area contributed by atoms with Crippen molar-refractivity contribution < 1.29 is 36.0 Å². The summed E-state index contributed by atoms with van der Waals surface area (Å²) >= 11 is 0.845. The molecule has 2 aromatic heterocycles. The number of nitrogens with zero attached hydrogens (tertiary/aromatic N) is 1. The molecule has 1 amide bonds. The third kappa shape index (κ3) is 5.92. The molecular weight excluding hydrogens is 483 g/mol. The van der Waals surface area contributed by atoms with Gasteiger partial charge in [0.2, 0.25) is 15.8 Å². The average Bonchev–Trinajstić information content (AvgIpc) is 3.20. The third-order valence-electron chi connectivity index (χ3n) is 4.96. The normalized spacial score (nSPS) is 20.0. The van der Waals surface area contributed by atoms with Crippen LogP contribution in [0.15, 0.2) is 57.3 Å². The molecule has 0 saturated heterocycles. The number of halogens is 3. The average molecular weight is 504 g/mol. The fourth-order valence-electron chi connectivity index (χ4n) is 3.19. The number of amides is 1. The van der Waals surface area contributed by atoms with E-state index >= 15 is 0 Å². The monoisotopic (exact) mass is 503 g/mol. The van der Waals surface area contributed by atoms with Crippen molar-refractivity contribution in [2.24, 2.45) is 5.92 Å². The molecule has 2 heterocycles. The molecule has 0 aliphatic heterocycles. The number of benzene rings is 1. The fourth-order valence-corrected chi connectivity index (χ4v) is 5.82. The summed E-state index contributed by atoms with van der Waals surface area (Å²) < 4.78 is 70.3. The predicted molar refractivity (Wildman–Crippen MR) is 114 cm³/mol. The Hall–Kier alpha value is -2.90. The van der Waals surface area contributed by atoms with Gasteiger partial charge in [0.25, 0.3) is 0 Å². The molecule has 3 N–H and O–H groups in total. The summed E-state index contributed by atoms with van der Waals surface area (Å²) in [6.45, 7) is 1.97. The largest absolute Gasteiger partial charge is 0.465 e. The van der Waals surface area contributed by atoms with E-state index in [4.69, 9.17) is 5.11 Å². The number of alkyl halides is 3. The molecule has 0 unspecified atom stereocenters. The van der Waals surface area contributed by atoms with Crippen LogP contribution in [0.2, 0.25) is 0 Å². The van der Waals surface area contributed by atoms with Crippen molar-refractivity contribution in [1.82, 2.24) is 15.2 Å². The second-order valence-electron chi connectivity index (χ2n) is 7.19. The van der Waals surface area contributed by atoms with Gasteiger partial charge in [-0.05, 0) is 23.6 Å². The Labute approximate surface area is 191 Å². The molecule has 1 saturated carbocycles. The van der Waals surface area contributed by atoms with E-state index in [0.29, 0.717) is 0 Å². The van der Waals surface area contributed by atoms with Gasteiger partial charge in [-0.1, -0.05) is 42.4 Å². The van der Waals surface area contributed by atoms with Crippen molar-refractivity contribution >= 4 is 27.5 Å². The quantitative estimate of drug-likeness (QED) is 0.475. The summed E-state index contributed by atoms with van der Waals surface area (Å²) in [5.74, 6) is -0.974. The molecule has 3 aromatic rings. The lowest BCUT2D eigenvalue weighted by Gasteiger charge is -2.04. The molecule has 0 spiro atoms. The first-order valence-corrected chi connectivity index (χ1v) is 11.9. The Kier molecular flexibility index (Phi) is 7.14. The number of aromatic nitrogens is 1. The molecule has 1 fully saturated rings. The van der Waals surface area contributed by atoms with Crippen LogP contribution in [0.5, 0.6) is 0 Å². The van der Waals surface area contributed by atoms with E-state index in [0.717, 1.165) is 23.0 Å². The fraction of sp³-hybridized carbons (Fsp3) is 0.300. The van der Waals surface area contributed by atoms with E-state index in [9.17, 15) is 26.4 Å². The third-order valence-corrected chi connectivity index (χ3v) is 8.02. The van der Waals surface area contributed by atoms with E-state index in [-0.39, 0.29) is 32.7 Å². The van der Waals surface area contributed by atoms with E-state index in [1.54, 1.807) is 0 Å². The zero-order chi connectivity index (χ0) is 24.4. The highest BCUT2D eigenvalue weighted by molar-refractivity contribution is 7.91. The molecule has 13 heteroatoms. The van der Waals surface area contributed by atoms with Crippen molar-refractivity contribution in [3.05, 3.63) is 59.9 Å². The van der Waals surface area contributed by atoms with Gasteiger partial charge in [0.15, 0.2) is 0 Å². The summed E-state index contributed by atoms with van der Waals surface area (Å²) in [7, 11) is -2.44. The van der Waals surface area contributed by atoms with Gasteiger partial charge < -0.3 is 14.9 Å². The smallest absolute Gasteiger partial charge is 0.452 e. The number of hydrogen-bond acceptors (Lipinski definition) is 6. The lowest BCUT2D eigenvalue weighted by atomic mass is 10.1. The van der Waals surface area contributed by atoms with E-state index in [2.05, 4.69) is 14.4 Å². The van der Waals surface area contributed by atoms with Crippen molar-refractivity contribution in [2.45, 2.75) is 29.3 Å². The summed E-state index contributed by atoms with van der Waals surface area (Å²) in [5.41, 5.74) is 1.01. The van der Waals surface area contributed by atoms with Gasteiger partial charge in [-0.15, -0.1) is 11.3 Å². The molecule has 1 aromatic carbocycles. The summed E-state index contributed by atoms with van der Waals surface area (Å²) in [5, 5.41) is 12.9. The van der Waals surface area contributed by atoms with Gasteiger partial charge in [-0.3, -0.25) is 0 Å². The minimum Gasteiger partial charge on any atom is -0.465 e. The molecule has 1 aliphatic carbocycles. The lowest BCUT2D eigenvalue weighted by molar-refractivity contribution is -0.155. The second kappa shape index (κ2) is 9.53. The topological polar surface area (TPSA) is 122 Å². The Morgan fingerprint density at radius 3 is 2.36 bits per heavy atom. The van der Waals surface area contributed by atoms with Crippen LogP contribution in [0, 0.1) is 5.92 Å². The summed E-state index contributed by atoms with van der Waals surface area (Å²) in [4.78, 5) is 9.54. The van der Waals surface area contributed by atoms with E-state index in [1.807, 2.05) is 42.6 Å². The van der Waals surface area contributed by atoms with Gasteiger partial charge in [-0.25, -0.2) is 17.9 Å².